The van der Waals surface area contributed by atoms with Crippen molar-refractivity contribution in [1.29, 1.82) is 0 Å². The average molecular weight is 363 g/mol. The number of guanidine groups is 1. The lowest BCUT2D eigenvalue weighted by Crippen LogP contribution is -2.50. The van der Waals surface area contributed by atoms with Crippen LogP contribution in [0.4, 0.5) is 0 Å². The van der Waals surface area contributed by atoms with Crippen molar-refractivity contribution in [2.75, 3.05) is 52.7 Å². The van der Waals surface area contributed by atoms with Crippen molar-refractivity contribution in [3.8, 4) is 0 Å². The van der Waals surface area contributed by atoms with Crippen molar-refractivity contribution in [2.24, 2.45) is 4.99 Å². The first kappa shape index (κ1) is 21.2. The van der Waals surface area contributed by atoms with E-state index in [1.54, 1.807) is 34.9 Å². The monoisotopic (exact) mass is 362 g/mol. The molecule has 0 aromatic carbocycles. The van der Waals surface area contributed by atoms with E-state index in [0.717, 1.165) is 39.1 Å². The molecule has 0 radical (unpaired) electrons. The lowest BCUT2D eigenvalue weighted by atomic mass is 10.1. The number of ether oxygens (including phenoxy) is 1. The van der Waals surface area contributed by atoms with E-state index in [1.807, 2.05) is 0 Å². The third-order valence-corrected chi connectivity index (χ3v) is 6.97. The molecule has 0 spiro atoms. The van der Waals surface area contributed by atoms with E-state index in [1.165, 1.54) is 0 Å². The van der Waals surface area contributed by atoms with Crippen LogP contribution < -0.4 is 10.6 Å². The Balaban J connectivity index is 2.34. The molecule has 7 nitrogen and oxygen atoms in total. The van der Waals surface area contributed by atoms with E-state index in [9.17, 15) is 8.42 Å². The Kier molecular flexibility index (Phi) is 8.45. The van der Waals surface area contributed by atoms with E-state index in [-0.39, 0.29) is 5.75 Å². The maximum atomic E-state index is 12.1. The van der Waals surface area contributed by atoms with Crippen molar-refractivity contribution < 1.29 is 13.2 Å². The Labute approximate surface area is 147 Å². The molecule has 8 heteroatoms. The minimum atomic E-state index is -3.11. The number of sulfone groups is 1. The zero-order chi connectivity index (χ0) is 18.2. The van der Waals surface area contributed by atoms with Gasteiger partial charge in [-0.15, -0.1) is 0 Å². The highest BCUT2D eigenvalue weighted by atomic mass is 32.2. The van der Waals surface area contributed by atoms with Crippen LogP contribution in [0.25, 0.3) is 0 Å². The maximum Gasteiger partial charge on any atom is 0.191 e. The van der Waals surface area contributed by atoms with Gasteiger partial charge in [-0.3, -0.25) is 4.99 Å². The van der Waals surface area contributed by atoms with Crippen LogP contribution in [0.2, 0.25) is 0 Å². The minimum absolute atomic E-state index is 0.104. The molecule has 0 amide bonds. The van der Waals surface area contributed by atoms with E-state index >= 15 is 0 Å². The summed E-state index contributed by atoms with van der Waals surface area (Å²) in [6.07, 6.45) is 2.09. The third kappa shape index (κ3) is 6.94. The number of nitrogens with zero attached hydrogens (tertiary/aromatic N) is 2. The molecule has 24 heavy (non-hydrogen) atoms. The van der Waals surface area contributed by atoms with Gasteiger partial charge < -0.3 is 20.3 Å². The predicted octanol–water partition coefficient (Wildman–Crippen LogP) is 0.476. The number of piperidine rings is 1. The molecule has 1 heterocycles. The number of likely N-dealkylation sites (tertiary alicyclic amines) is 1. The average Bonchev–Trinajstić information content (AvgIpc) is 2.52. The summed E-state index contributed by atoms with van der Waals surface area (Å²) in [5, 5.41) is 6.51. The van der Waals surface area contributed by atoms with Gasteiger partial charge in [-0.1, -0.05) is 0 Å². The molecule has 0 unspecified atom stereocenters. The third-order valence-electron chi connectivity index (χ3n) is 4.36. The number of hydrogen-bond acceptors (Lipinski definition) is 5. The number of hydrogen-bond donors (Lipinski definition) is 2. The van der Waals surface area contributed by atoms with Crippen LogP contribution >= 0.6 is 0 Å². The number of rotatable bonds is 7. The standard InChI is InChI=1S/C16H34N4O3S/c1-16(2,3)24(21,22)13-8-18-15(17-4)19-14-6-9-20(10-7-14)11-12-23-5/h14H,6-13H2,1-5H3,(H2,17,18,19). The zero-order valence-corrected chi connectivity index (χ0v) is 16.6. The summed E-state index contributed by atoms with van der Waals surface area (Å²) in [7, 11) is 0.321. The SMILES string of the molecule is CN=C(NCCS(=O)(=O)C(C)(C)C)NC1CCN(CCOC)CC1. The smallest absolute Gasteiger partial charge is 0.191 e. The summed E-state index contributed by atoms with van der Waals surface area (Å²) < 4.78 is 28.6. The summed E-state index contributed by atoms with van der Waals surface area (Å²) in [5.41, 5.74) is 0. The van der Waals surface area contributed by atoms with Gasteiger partial charge in [0, 0.05) is 46.4 Å². The minimum Gasteiger partial charge on any atom is -0.383 e. The predicted molar refractivity (Wildman–Crippen MR) is 99.4 cm³/mol. The number of aliphatic imine (C=N–C) groups is 1. The van der Waals surface area contributed by atoms with Gasteiger partial charge in [-0.25, -0.2) is 8.42 Å². The second-order valence-corrected chi connectivity index (χ2v) is 10.0. The molecule has 0 bridgehead atoms. The molecule has 0 aliphatic carbocycles. The highest BCUT2D eigenvalue weighted by Crippen LogP contribution is 2.15. The molecule has 2 N–H and O–H groups in total. The second-order valence-electron chi connectivity index (χ2n) is 7.18. The molecule has 0 saturated carbocycles. The molecule has 0 atom stereocenters. The van der Waals surface area contributed by atoms with Crippen LogP contribution in [-0.2, 0) is 14.6 Å². The first-order valence-corrected chi connectivity index (χ1v) is 10.3. The molecule has 1 aliphatic rings. The maximum absolute atomic E-state index is 12.1. The van der Waals surface area contributed by atoms with Gasteiger partial charge in [0.2, 0.25) is 0 Å². The summed E-state index contributed by atoms with van der Waals surface area (Å²) in [6, 6.07) is 0.370. The first-order valence-electron chi connectivity index (χ1n) is 8.60. The topological polar surface area (TPSA) is 83.0 Å². The van der Waals surface area contributed by atoms with E-state index in [4.69, 9.17) is 4.74 Å². The van der Waals surface area contributed by atoms with Gasteiger partial charge in [-0.05, 0) is 33.6 Å². The van der Waals surface area contributed by atoms with Gasteiger partial charge in [0.1, 0.15) is 0 Å². The fourth-order valence-corrected chi connectivity index (χ4v) is 3.50. The number of nitrogens with one attached hydrogen (secondary N) is 2. The van der Waals surface area contributed by atoms with Crippen LogP contribution in [-0.4, -0.2) is 82.8 Å². The Bertz CT molecular complexity index is 492. The van der Waals surface area contributed by atoms with E-state index in [2.05, 4.69) is 20.5 Å². The molecule has 0 aromatic heterocycles. The molecule has 1 fully saturated rings. The van der Waals surface area contributed by atoms with E-state index in [0.29, 0.717) is 18.5 Å². The lowest BCUT2D eigenvalue weighted by molar-refractivity contribution is 0.128. The van der Waals surface area contributed by atoms with E-state index < -0.39 is 14.6 Å². The van der Waals surface area contributed by atoms with Crippen LogP contribution in [0.5, 0.6) is 0 Å². The summed E-state index contributed by atoms with van der Waals surface area (Å²) in [5.74, 6) is 0.779. The van der Waals surface area contributed by atoms with Crippen molar-refractivity contribution >= 4 is 15.8 Å². The molecule has 142 valence electrons. The summed E-state index contributed by atoms with van der Waals surface area (Å²) >= 11 is 0. The second kappa shape index (κ2) is 9.58. The Hall–Kier alpha value is -0.860. The van der Waals surface area contributed by atoms with Crippen molar-refractivity contribution in [3.05, 3.63) is 0 Å². The molecule has 1 saturated heterocycles. The lowest BCUT2D eigenvalue weighted by Gasteiger charge is -2.32. The van der Waals surface area contributed by atoms with Gasteiger partial charge in [0.05, 0.1) is 17.1 Å². The Morgan fingerprint density at radius 3 is 2.42 bits per heavy atom. The highest BCUT2D eigenvalue weighted by Gasteiger charge is 2.28. The van der Waals surface area contributed by atoms with Gasteiger partial charge in [0.25, 0.3) is 0 Å². The van der Waals surface area contributed by atoms with Crippen molar-refractivity contribution in [2.45, 2.75) is 44.4 Å². The van der Waals surface area contributed by atoms with Crippen molar-refractivity contribution in [3.63, 3.8) is 0 Å². The van der Waals surface area contributed by atoms with Crippen molar-refractivity contribution in [1.82, 2.24) is 15.5 Å². The molecule has 0 aromatic rings. The van der Waals surface area contributed by atoms with Gasteiger partial charge >= 0.3 is 0 Å². The van der Waals surface area contributed by atoms with Gasteiger partial charge in [0.15, 0.2) is 15.8 Å². The first-order chi connectivity index (χ1) is 11.2. The van der Waals surface area contributed by atoms with Gasteiger partial charge in [-0.2, -0.15) is 0 Å². The molecule has 1 rings (SSSR count). The summed E-state index contributed by atoms with van der Waals surface area (Å²) in [6.45, 7) is 9.37. The zero-order valence-electron chi connectivity index (χ0n) is 15.8. The Morgan fingerprint density at radius 1 is 1.29 bits per heavy atom. The molecular formula is C16H34N4O3S. The highest BCUT2D eigenvalue weighted by molar-refractivity contribution is 7.92. The fourth-order valence-electron chi connectivity index (χ4n) is 2.52. The quantitative estimate of drug-likeness (QED) is 0.506. The molecule has 1 aliphatic heterocycles. The van der Waals surface area contributed by atoms with Crippen LogP contribution in [0.1, 0.15) is 33.6 Å². The summed E-state index contributed by atoms with van der Waals surface area (Å²) in [4.78, 5) is 6.60. The largest absolute Gasteiger partial charge is 0.383 e. The Morgan fingerprint density at radius 2 is 1.92 bits per heavy atom. The van der Waals surface area contributed by atoms with Crippen LogP contribution in [0.3, 0.4) is 0 Å². The van der Waals surface area contributed by atoms with Crippen LogP contribution in [0.15, 0.2) is 4.99 Å². The van der Waals surface area contributed by atoms with Crippen LogP contribution in [0, 0.1) is 0 Å². The normalized spacial score (nSPS) is 18.6. The number of methoxy groups -OCH3 is 1. The fraction of sp³-hybridized carbons (Fsp3) is 0.938. The molecular weight excluding hydrogens is 328 g/mol.